The Bertz CT molecular complexity index is 880. The standard InChI is InChI=1S/C15H16N2O6S/c1-22-10-4-5-12(11(16)8-10)17-24(20,21)14-7-9(15(18)19)3-6-13(14)23-2/h3-8,17H,16H2,1-2H3,(H,18,19). The van der Waals surface area contributed by atoms with E-state index in [0.717, 1.165) is 6.07 Å². The fourth-order valence-electron chi connectivity index (χ4n) is 1.98. The Kier molecular flexibility index (Phi) is 4.84. The lowest BCUT2D eigenvalue weighted by Crippen LogP contribution is -2.16. The minimum atomic E-state index is -4.11. The summed E-state index contributed by atoms with van der Waals surface area (Å²) in [7, 11) is -1.37. The maximum absolute atomic E-state index is 12.6. The second-order valence-electron chi connectivity index (χ2n) is 4.73. The smallest absolute Gasteiger partial charge is 0.335 e. The highest BCUT2D eigenvalue weighted by Gasteiger charge is 2.22. The van der Waals surface area contributed by atoms with Gasteiger partial charge in [0.25, 0.3) is 10.0 Å². The van der Waals surface area contributed by atoms with Gasteiger partial charge in [0.1, 0.15) is 16.4 Å². The first kappa shape index (κ1) is 17.4. The summed E-state index contributed by atoms with van der Waals surface area (Å²) in [6.45, 7) is 0. The van der Waals surface area contributed by atoms with Gasteiger partial charge in [0.15, 0.2) is 0 Å². The molecule has 0 aliphatic heterocycles. The molecule has 2 rings (SSSR count). The molecule has 0 aliphatic carbocycles. The van der Waals surface area contributed by atoms with Gasteiger partial charge in [-0.1, -0.05) is 0 Å². The number of carbonyl (C=O) groups is 1. The van der Waals surface area contributed by atoms with Crippen LogP contribution in [0.4, 0.5) is 11.4 Å². The van der Waals surface area contributed by atoms with Crippen LogP contribution < -0.4 is 19.9 Å². The minimum Gasteiger partial charge on any atom is -0.497 e. The van der Waals surface area contributed by atoms with Gasteiger partial charge in [-0.3, -0.25) is 4.72 Å². The lowest BCUT2D eigenvalue weighted by molar-refractivity contribution is 0.0696. The van der Waals surface area contributed by atoms with Crippen molar-refractivity contribution >= 4 is 27.4 Å². The van der Waals surface area contributed by atoms with E-state index < -0.39 is 16.0 Å². The molecule has 0 aliphatic rings. The maximum Gasteiger partial charge on any atom is 0.335 e. The number of rotatable bonds is 6. The molecular formula is C15H16N2O6S. The summed E-state index contributed by atoms with van der Waals surface area (Å²) < 4.78 is 37.5. The number of nitrogens with two attached hydrogens (primary N) is 1. The fraction of sp³-hybridized carbons (Fsp3) is 0.133. The normalized spacial score (nSPS) is 10.9. The second-order valence-corrected chi connectivity index (χ2v) is 6.38. The summed E-state index contributed by atoms with van der Waals surface area (Å²) in [4.78, 5) is 10.8. The maximum atomic E-state index is 12.6. The highest BCUT2D eigenvalue weighted by molar-refractivity contribution is 7.92. The summed E-state index contributed by atoms with van der Waals surface area (Å²) in [6, 6.07) is 7.99. The van der Waals surface area contributed by atoms with Crippen LogP contribution in [-0.4, -0.2) is 33.7 Å². The van der Waals surface area contributed by atoms with Crippen LogP contribution in [0.1, 0.15) is 10.4 Å². The number of carboxylic acid groups (broad SMARTS) is 1. The van der Waals surface area contributed by atoms with Gasteiger partial charge in [-0.25, -0.2) is 13.2 Å². The number of carboxylic acids is 1. The molecule has 0 atom stereocenters. The monoisotopic (exact) mass is 352 g/mol. The molecule has 0 heterocycles. The van der Waals surface area contributed by atoms with Gasteiger partial charge in [-0.05, 0) is 30.3 Å². The minimum absolute atomic E-state index is 0.0135. The van der Waals surface area contributed by atoms with E-state index in [9.17, 15) is 13.2 Å². The molecule has 0 aromatic heterocycles. The van der Waals surface area contributed by atoms with Gasteiger partial charge < -0.3 is 20.3 Å². The SMILES string of the molecule is COc1ccc(NS(=O)(=O)c2cc(C(=O)O)ccc2OC)c(N)c1. The highest BCUT2D eigenvalue weighted by atomic mass is 32.2. The Hall–Kier alpha value is -2.94. The molecule has 2 aromatic carbocycles. The third-order valence-corrected chi connectivity index (χ3v) is 4.59. The summed E-state index contributed by atoms with van der Waals surface area (Å²) in [6.07, 6.45) is 0. The number of hydrogen-bond donors (Lipinski definition) is 3. The molecule has 0 amide bonds. The molecule has 0 saturated heterocycles. The Labute approximate surface area is 138 Å². The number of nitrogen functional groups attached to an aromatic ring is 1. The number of methoxy groups -OCH3 is 2. The van der Waals surface area contributed by atoms with Crippen molar-refractivity contribution in [3.8, 4) is 11.5 Å². The van der Waals surface area contributed by atoms with E-state index in [-0.39, 0.29) is 27.6 Å². The van der Waals surface area contributed by atoms with Crippen LogP contribution >= 0.6 is 0 Å². The molecule has 0 unspecified atom stereocenters. The predicted octanol–water partition coefficient (Wildman–Crippen LogP) is 1.78. The van der Waals surface area contributed by atoms with E-state index in [1.807, 2.05) is 0 Å². The van der Waals surface area contributed by atoms with Crippen LogP contribution in [0.3, 0.4) is 0 Å². The van der Waals surface area contributed by atoms with Crippen molar-refractivity contribution in [1.29, 1.82) is 0 Å². The molecule has 0 radical (unpaired) electrons. The third kappa shape index (κ3) is 3.51. The molecule has 2 aromatic rings. The Balaban J connectivity index is 2.47. The fourth-order valence-corrected chi connectivity index (χ4v) is 3.26. The van der Waals surface area contributed by atoms with E-state index >= 15 is 0 Å². The molecule has 4 N–H and O–H groups in total. The first-order valence-electron chi connectivity index (χ1n) is 6.66. The van der Waals surface area contributed by atoms with E-state index in [1.165, 1.54) is 38.5 Å². The van der Waals surface area contributed by atoms with E-state index in [4.69, 9.17) is 20.3 Å². The van der Waals surface area contributed by atoms with Crippen molar-refractivity contribution in [2.45, 2.75) is 4.90 Å². The number of anilines is 2. The highest BCUT2D eigenvalue weighted by Crippen LogP contribution is 2.30. The lowest BCUT2D eigenvalue weighted by atomic mass is 10.2. The summed E-state index contributed by atoms with van der Waals surface area (Å²) in [5.74, 6) is -0.765. The first-order valence-corrected chi connectivity index (χ1v) is 8.14. The van der Waals surface area contributed by atoms with Crippen LogP contribution in [-0.2, 0) is 10.0 Å². The number of nitrogens with one attached hydrogen (secondary N) is 1. The van der Waals surface area contributed by atoms with Crippen molar-refractivity contribution in [3.63, 3.8) is 0 Å². The summed E-state index contributed by atoms with van der Waals surface area (Å²) in [5.41, 5.74) is 5.91. The number of aromatic carboxylic acids is 1. The number of hydrogen-bond acceptors (Lipinski definition) is 6. The molecule has 24 heavy (non-hydrogen) atoms. The van der Waals surface area contributed by atoms with Crippen LogP contribution in [0.2, 0.25) is 0 Å². The Morgan fingerprint density at radius 3 is 2.38 bits per heavy atom. The number of ether oxygens (including phenoxy) is 2. The topological polar surface area (TPSA) is 128 Å². The van der Waals surface area contributed by atoms with Crippen LogP contribution in [0.25, 0.3) is 0 Å². The number of benzene rings is 2. The Morgan fingerprint density at radius 1 is 1.12 bits per heavy atom. The van der Waals surface area contributed by atoms with Crippen molar-refractivity contribution in [1.82, 2.24) is 0 Å². The van der Waals surface area contributed by atoms with Crippen molar-refractivity contribution < 1.29 is 27.8 Å². The van der Waals surface area contributed by atoms with Crippen molar-refractivity contribution in [2.24, 2.45) is 0 Å². The zero-order valence-electron chi connectivity index (χ0n) is 12.9. The second kappa shape index (κ2) is 6.67. The van der Waals surface area contributed by atoms with E-state index in [1.54, 1.807) is 6.07 Å². The molecule has 0 fully saturated rings. The zero-order chi connectivity index (χ0) is 17.9. The van der Waals surface area contributed by atoms with Gasteiger partial charge in [0.05, 0.1) is 31.2 Å². The molecule has 0 saturated carbocycles. The molecular weight excluding hydrogens is 336 g/mol. The molecule has 8 nitrogen and oxygen atoms in total. The average molecular weight is 352 g/mol. The molecule has 128 valence electrons. The van der Waals surface area contributed by atoms with Gasteiger partial charge >= 0.3 is 5.97 Å². The van der Waals surface area contributed by atoms with Crippen LogP contribution in [0.15, 0.2) is 41.3 Å². The van der Waals surface area contributed by atoms with Gasteiger partial charge in [-0.15, -0.1) is 0 Å². The van der Waals surface area contributed by atoms with Crippen LogP contribution in [0, 0.1) is 0 Å². The van der Waals surface area contributed by atoms with Crippen molar-refractivity contribution in [2.75, 3.05) is 24.7 Å². The van der Waals surface area contributed by atoms with Gasteiger partial charge in [0.2, 0.25) is 0 Å². The molecule has 0 spiro atoms. The first-order chi connectivity index (χ1) is 11.3. The largest absolute Gasteiger partial charge is 0.497 e. The third-order valence-electron chi connectivity index (χ3n) is 3.20. The van der Waals surface area contributed by atoms with E-state index in [0.29, 0.717) is 5.75 Å². The summed E-state index contributed by atoms with van der Waals surface area (Å²) >= 11 is 0. The van der Waals surface area contributed by atoms with E-state index in [2.05, 4.69) is 4.72 Å². The lowest BCUT2D eigenvalue weighted by Gasteiger charge is -2.14. The average Bonchev–Trinajstić information content (AvgIpc) is 2.55. The number of sulfonamides is 1. The predicted molar refractivity (Wildman–Crippen MR) is 88.2 cm³/mol. The van der Waals surface area contributed by atoms with Crippen molar-refractivity contribution in [3.05, 3.63) is 42.0 Å². The summed E-state index contributed by atoms with van der Waals surface area (Å²) in [5, 5.41) is 9.04. The van der Waals surface area contributed by atoms with Crippen LogP contribution in [0.5, 0.6) is 11.5 Å². The van der Waals surface area contributed by atoms with Gasteiger partial charge in [0, 0.05) is 6.07 Å². The van der Waals surface area contributed by atoms with Gasteiger partial charge in [-0.2, -0.15) is 0 Å². The zero-order valence-corrected chi connectivity index (χ0v) is 13.8. The molecule has 0 bridgehead atoms. The quantitative estimate of drug-likeness (QED) is 0.676. The molecule has 9 heteroatoms. The Morgan fingerprint density at radius 2 is 1.83 bits per heavy atom.